The molecule has 0 saturated heterocycles. The van der Waals surface area contributed by atoms with Crippen molar-refractivity contribution in [2.75, 3.05) is 26.2 Å². The first-order chi connectivity index (χ1) is 7.43. The van der Waals surface area contributed by atoms with Crippen LogP contribution in [0.3, 0.4) is 0 Å². The Kier molecular flexibility index (Phi) is 6.79. The van der Waals surface area contributed by atoms with Crippen LogP contribution >= 0.6 is 0 Å². The Hall–Kier alpha value is -0.930. The second-order valence-corrected chi connectivity index (χ2v) is 3.61. The van der Waals surface area contributed by atoms with Crippen molar-refractivity contribution >= 4 is 0 Å². The van der Waals surface area contributed by atoms with Crippen LogP contribution in [0.25, 0.3) is 0 Å². The molecule has 84 valence electrons. The van der Waals surface area contributed by atoms with Gasteiger partial charge in [0.25, 0.3) is 0 Å². The van der Waals surface area contributed by atoms with E-state index in [2.05, 4.69) is 34.7 Å². The third-order valence-electron chi connectivity index (χ3n) is 2.25. The fourth-order valence-corrected chi connectivity index (χ4v) is 1.39. The minimum Gasteiger partial charge on any atom is -0.315 e. The third-order valence-corrected chi connectivity index (χ3v) is 2.25. The lowest BCUT2D eigenvalue weighted by atomic mass is 10.2. The Morgan fingerprint density at radius 2 is 1.67 bits per heavy atom. The molecule has 15 heavy (non-hydrogen) atoms. The van der Waals surface area contributed by atoms with E-state index in [1.54, 1.807) is 0 Å². The van der Waals surface area contributed by atoms with Crippen LogP contribution in [0.2, 0.25) is 0 Å². The maximum Gasteiger partial charge on any atom is 0.0270 e. The summed E-state index contributed by atoms with van der Waals surface area (Å²) in [6.07, 6.45) is 5.98. The Bertz CT molecular complexity index is 236. The molecule has 0 radical (unpaired) electrons. The fraction of sp³-hybridized carbons (Fsp3) is 0.583. The van der Waals surface area contributed by atoms with Crippen LogP contribution in [-0.2, 0) is 6.42 Å². The molecule has 0 amide bonds. The summed E-state index contributed by atoms with van der Waals surface area (Å²) in [5.41, 5.74) is 1.35. The molecule has 0 spiro atoms. The van der Waals surface area contributed by atoms with E-state index in [1.807, 2.05) is 12.4 Å². The summed E-state index contributed by atoms with van der Waals surface area (Å²) in [7, 11) is 0. The first kappa shape index (κ1) is 12.1. The van der Waals surface area contributed by atoms with Gasteiger partial charge in [0.2, 0.25) is 0 Å². The number of nitrogens with one attached hydrogen (secondary N) is 2. The molecule has 0 bridgehead atoms. The maximum atomic E-state index is 3.99. The lowest BCUT2D eigenvalue weighted by molar-refractivity contribution is 0.607. The van der Waals surface area contributed by atoms with Gasteiger partial charge in [-0.05, 0) is 43.6 Å². The highest BCUT2D eigenvalue weighted by atomic mass is 14.9. The SMILES string of the molecule is CCCNCCNCCc1ccncc1. The van der Waals surface area contributed by atoms with Crippen molar-refractivity contribution < 1.29 is 0 Å². The normalized spacial score (nSPS) is 10.5. The van der Waals surface area contributed by atoms with Crippen molar-refractivity contribution in [3.05, 3.63) is 30.1 Å². The minimum absolute atomic E-state index is 1.04. The summed E-state index contributed by atoms with van der Waals surface area (Å²) in [6, 6.07) is 4.13. The molecular weight excluding hydrogens is 186 g/mol. The van der Waals surface area contributed by atoms with E-state index in [-0.39, 0.29) is 0 Å². The number of rotatable bonds is 8. The number of hydrogen-bond acceptors (Lipinski definition) is 3. The van der Waals surface area contributed by atoms with E-state index in [0.717, 1.165) is 32.6 Å². The molecule has 3 nitrogen and oxygen atoms in total. The number of nitrogens with zero attached hydrogens (tertiary/aromatic N) is 1. The van der Waals surface area contributed by atoms with Crippen molar-refractivity contribution in [3.8, 4) is 0 Å². The molecular formula is C12H21N3. The molecule has 0 atom stereocenters. The largest absolute Gasteiger partial charge is 0.315 e. The van der Waals surface area contributed by atoms with Crippen LogP contribution in [0.15, 0.2) is 24.5 Å². The quantitative estimate of drug-likeness (QED) is 0.629. The summed E-state index contributed by atoms with van der Waals surface area (Å²) >= 11 is 0. The number of hydrogen-bond donors (Lipinski definition) is 2. The van der Waals surface area contributed by atoms with E-state index in [4.69, 9.17) is 0 Å². The van der Waals surface area contributed by atoms with Crippen LogP contribution in [0, 0.1) is 0 Å². The van der Waals surface area contributed by atoms with E-state index in [1.165, 1.54) is 12.0 Å². The Morgan fingerprint density at radius 3 is 2.33 bits per heavy atom. The van der Waals surface area contributed by atoms with Crippen molar-refractivity contribution in [2.24, 2.45) is 0 Å². The molecule has 1 heterocycles. The van der Waals surface area contributed by atoms with Crippen LogP contribution in [-0.4, -0.2) is 31.2 Å². The van der Waals surface area contributed by atoms with Crippen molar-refractivity contribution in [1.82, 2.24) is 15.6 Å². The summed E-state index contributed by atoms with van der Waals surface area (Å²) in [4.78, 5) is 3.99. The van der Waals surface area contributed by atoms with Gasteiger partial charge < -0.3 is 10.6 Å². The molecule has 0 saturated carbocycles. The highest BCUT2D eigenvalue weighted by molar-refractivity contribution is 5.09. The van der Waals surface area contributed by atoms with Crippen molar-refractivity contribution in [2.45, 2.75) is 19.8 Å². The molecule has 3 heteroatoms. The molecule has 0 fully saturated rings. The highest BCUT2D eigenvalue weighted by Gasteiger charge is 1.91. The van der Waals surface area contributed by atoms with Gasteiger partial charge in [-0.2, -0.15) is 0 Å². The predicted octanol–water partition coefficient (Wildman–Crippen LogP) is 1.21. The van der Waals surface area contributed by atoms with Crippen molar-refractivity contribution in [3.63, 3.8) is 0 Å². The van der Waals surface area contributed by atoms with E-state index < -0.39 is 0 Å². The van der Waals surface area contributed by atoms with Gasteiger partial charge in [0, 0.05) is 25.5 Å². The summed E-state index contributed by atoms with van der Waals surface area (Å²) < 4.78 is 0. The van der Waals surface area contributed by atoms with Gasteiger partial charge in [-0.3, -0.25) is 4.98 Å². The molecule has 1 rings (SSSR count). The van der Waals surface area contributed by atoms with Crippen LogP contribution in [0.4, 0.5) is 0 Å². The van der Waals surface area contributed by atoms with E-state index in [0.29, 0.717) is 0 Å². The molecule has 0 aliphatic carbocycles. The number of pyridine rings is 1. The first-order valence-corrected chi connectivity index (χ1v) is 5.74. The van der Waals surface area contributed by atoms with Gasteiger partial charge in [-0.25, -0.2) is 0 Å². The molecule has 2 N–H and O–H groups in total. The molecule has 0 aromatic carbocycles. The highest BCUT2D eigenvalue weighted by Crippen LogP contribution is 1.95. The summed E-state index contributed by atoms with van der Waals surface area (Å²) in [5, 5.41) is 6.77. The predicted molar refractivity (Wildman–Crippen MR) is 64.0 cm³/mol. The fourth-order valence-electron chi connectivity index (χ4n) is 1.39. The Morgan fingerprint density at radius 1 is 1.00 bits per heavy atom. The Balaban J connectivity index is 1.93. The smallest absolute Gasteiger partial charge is 0.0270 e. The molecule has 0 unspecified atom stereocenters. The van der Waals surface area contributed by atoms with Gasteiger partial charge in [-0.15, -0.1) is 0 Å². The second-order valence-electron chi connectivity index (χ2n) is 3.61. The molecule has 1 aromatic rings. The summed E-state index contributed by atoms with van der Waals surface area (Å²) in [6.45, 7) is 6.45. The average molecular weight is 207 g/mol. The van der Waals surface area contributed by atoms with Gasteiger partial charge in [0.15, 0.2) is 0 Å². The molecule has 0 aliphatic rings. The monoisotopic (exact) mass is 207 g/mol. The third kappa shape index (κ3) is 6.20. The minimum atomic E-state index is 1.04. The second kappa shape index (κ2) is 8.38. The van der Waals surface area contributed by atoms with Gasteiger partial charge in [0.05, 0.1) is 0 Å². The average Bonchev–Trinajstić information content (AvgIpc) is 2.29. The van der Waals surface area contributed by atoms with Crippen LogP contribution in [0.5, 0.6) is 0 Å². The zero-order chi connectivity index (χ0) is 10.8. The lowest BCUT2D eigenvalue weighted by Gasteiger charge is -2.05. The van der Waals surface area contributed by atoms with E-state index >= 15 is 0 Å². The first-order valence-electron chi connectivity index (χ1n) is 5.74. The zero-order valence-corrected chi connectivity index (χ0v) is 9.50. The van der Waals surface area contributed by atoms with Gasteiger partial charge in [0.1, 0.15) is 0 Å². The van der Waals surface area contributed by atoms with Gasteiger partial charge in [-0.1, -0.05) is 6.92 Å². The topological polar surface area (TPSA) is 37.0 Å². The maximum absolute atomic E-state index is 3.99. The zero-order valence-electron chi connectivity index (χ0n) is 9.50. The van der Waals surface area contributed by atoms with Crippen LogP contribution < -0.4 is 10.6 Å². The summed E-state index contributed by atoms with van der Waals surface area (Å²) in [5.74, 6) is 0. The van der Waals surface area contributed by atoms with Gasteiger partial charge >= 0.3 is 0 Å². The van der Waals surface area contributed by atoms with Crippen molar-refractivity contribution in [1.29, 1.82) is 0 Å². The lowest BCUT2D eigenvalue weighted by Crippen LogP contribution is -2.29. The molecule has 0 aliphatic heterocycles. The molecule has 1 aromatic heterocycles. The van der Waals surface area contributed by atoms with E-state index in [9.17, 15) is 0 Å². The van der Waals surface area contributed by atoms with Crippen LogP contribution in [0.1, 0.15) is 18.9 Å². The Labute approximate surface area is 92.3 Å². The number of aromatic nitrogens is 1. The standard InChI is InChI=1S/C12H21N3/c1-2-6-13-10-11-15-9-5-12-3-7-14-8-4-12/h3-4,7-8,13,15H,2,5-6,9-11H2,1H3.